The monoisotopic (exact) mass is 251 g/mol. The SMILES string of the molecule is C=C(C)[C@H](CCSC)Nc1ccc(NC)nc1. The molecule has 1 atom stereocenters. The van der Waals surface area contributed by atoms with E-state index < -0.39 is 0 Å². The average molecular weight is 251 g/mol. The van der Waals surface area contributed by atoms with Crippen LogP contribution in [0.25, 0.3) is 0 Å². The Morgan fingerprint density at radius 2 is 2.29 bits per heavy atom. The van der Waals surface area contributed by atoms with Gasteiger partial charge >= 0.3 is 0 Å². The number of pyridine rings is 1. The molecule has 94 valence electrons. The van der Waals surface area contributed by atoms with E-state index in [0.717, 1.165) is 29.3 Å². The molecule has 4 heteroatoms. The summed E-state index contributed by atoms with van der Waals surface area (Å²) in [5, 5.41) is 6.47. The van der Waals surface area contributed by atoms with Crippen molar-refractivity contribution in [2.45, 2.75) is 19.4 Å². The van der Waals surface area contributed by atoms with Crippen molar-refractivity contribution in [3.63, 3.8) is 0 Å². The Labute approximate surface area is 108 Å². The number of hydrogen-bond acceptors (Lipinski definition) is 4. The number of nitrogens with one attached hydrogen (secondary N) is 2. The molecule has 1 aromatic rings. The number of hydrogen-bond donors (Lipinski definition) is 2. The third-order valence-corrected chi connectivity index (χ3v) is 3.21. The zero-order chi connectivity index (χ0) is 12.7. The Kier molecular flexibility index (Phi) is 5.91. The summed E-state index contributed by atoms with van der Waals surface area (Å²) in [7, 11) is 1.87. The first-order chi connectivity index (χ1) is 8.17. The molecule has 3 nitrogen and oxygen atoms in total. The van der Waals surface area contributed by atoms with Crippen LogP contribution in [-0.2, 0) is 0 Å². The number of nitrogens with zero attached hydrogens (tertiary/aromatic N) is 1. The zero-order valence-corrected chi connectivity index (χ0v) is 11.6. The van der Waals surface area contributed by atoms with E-state index in [-0.39, 0.29) is 0 Å². The van der Waals surface area contributed by atoms with Crippen LogP contribution in [0.5, 0.6) is 0 Å². The van der Waals surface area contributed by atoms with Gasteiger partial charge in [0.1, 0.15) is 5.82 Å². The molecule has 1 heterocycles. The van der Waals surface area contributed by atoms with E-state index in [1.165, 1.54) is 0 Å². The quantitative estimate of drug-likeness (QED) is 0.730. The summed E-state index contributed by atoms with van der Waals surface area (Å²) < 4.78 is 0. The second kappa shape index (κ2) is 7.22. The fraction of sp³-hybridized carbons (Fsp3) is 0.462. The van der Waals surface area contributed by atoms with Crippen LogP contribution in [-0.4, -0.2) is 30.1 Å². The van der Waals surface area contributed by atoms with E-state index in [1.807, 2.05) is 37.1 Å². The van der Waals surface area contributed by atoms with Crippen LogP contribution >= 0.6 is 11.8 Å². The minimum atomic E-state index is 0.324. The molecule has 0 radical (unpaired) electrons. The first-order valence-corrected chi connectivity index (χ1v) is 7.11. The van der Waals surface area contributed by atoms with Gasteiger partial charge in [0.15, 0.2) is 0 Å². The molecule has 0 aliphatic rings. The topological polar surface area (TPSA) is 37.0 Å². The van der Waals surface area contributed by atoms with E-state index in [4.69, 9.17) is 0 Å². The van der Waals surface area contributed by atoms with Gasteiger partial charge in [-0.3, -0.25) is 0 Å². The largest absolute Gasteiger partial charge is 0.377 e. The van der Waals surface area contributed by atoms with Crippen LogP contribution in [0.3, 0.4) is 0 Å². The number of thioether (sulfide) groups is 1. The van der Waals surface area contributed by atoms with Crippen LogP contribution in [0, 0.1) is 0 Å². The number of rotatable bonds is 7. The lowest BCUT2D eigenvalue weighted by Gasteiger charge is -2.19. The second-order valence-corrected chi connectivity index (χ2v) is 4.99. The van der Waals surface area contributed by atoms with Crippen molar-refractivity contribution in [1.29, 1.82) is 0 Å². The molecule has 0 unspecified atom stereocenters. The molecule has 0 bridgehead atoms. The van der Waals surface area contributed by atoms with Gasteiger partial charge in [-0.2, -0.15) is 11.8 Å². The number of anilines is 2. The lowest BCUT2D eigenvalue weighted by Crippen LogP contribution is -2.21. The average Bonchev–Trinajstić information content (AvgIpc) is 2.35. The van der Waals surface area contributed by atoms with Gasteiger partial charge in [0.25, 0.3) is 0 Å². The van der Waals surface area contributed by atoms with Crippen molar-refractivity contribution in [3.8, 4) is 0 Å². The minimum Gasteiger partial charge on any atom is -0.377 e. The van der Waals surface area contributed by atoms with Crippen molar-refractivity contribution in [3.05, 3.63) is 30.5 Å². The molecule has 0 aliphatic carbocycles. The zero-order valence-electron chi connectivity index (χ0n) is 10.8. The first-order valence-electron chi connectivity index (χ1n) is 5.72. The van der Waals surface area contributed by atoms with Crippen LogP contribution in [0.15, 0.2) is 30.5 Å². The lowest BCUT2D eigenvalue weighted by molar-refractivity contribution is 0.798. The first kappa shape index (κ1) is 13.9. The lowest BCUT2D eigenvalue weighted by atomic mass is 10.1. The molecule has 0 aliphatic heterocycles. The van der Waals surface area contributed by atoms with Gasteiger partial charge in [0, 0.05) is 13.1 Å². The summed E-state index contributed by atoms with van der Waals surface area (Å²) in [5.41, 5.74) is 2.20. The highest BCUT2D eigenvalue weighted by Gasteiger charge is 2.08. The molecule has 0 amide bonds. The molecular formula is C13H21N3S. The van der Waals surface area contributed by atoms with E-state index in [9.17, 15) is 0 Å². The van der Waals surface area contributed by atoms with Gasteiger partial charge < -0.3 is 10.6 Å². The Hall–Kier alpha value is -1.16. The molecule has 1 rings (SSSR count). The highest BCUT2D eigenvalue weighted by atomic mass is 32.2. The summed E-state index contributed by atoms with van der Waals surface area (Å²) in [6.07, 6.45) is 5.06. The summed E-state index contributed by atoms with van der Waals surface area (Å²) >= 11 is 1.86. The number of aromatic nitrogens is 1. The molecule has 0 saturated carbocycles. The predicted molar refractivity (Wildman–Crippen MR) is 79.0 cm³/mol. The van der Waals surface area contributed by atoms with Crippen molar-refractivity contribution < 1.29 is 0 Å². The fourth-order valence-corrected chi connectivity index (χ4v) is 1.98. The second-order valence-electron chi connectivity index (χ2n) is 4.01. The molecule has 0 saturated heterocycles. The highest BCUT2D eigenvalue weighted by Crippen LogP contribution is 2.16. The van der Waals surface area contributed by atoms with Crippen LogP contribution in [0.1, 0.15) is 13.3 Å². The van der Waals surface area contributed by atoms with Gasteiger partial charge in [0.05, 0.1) is 11.9 Å². The van der Waals surface area contributed by atoms with Crippen LogP contribution in [0.2, 0.25) is 0 Å². The van der Waals surface area contributed by atoms with Gasteiger partial charge in [-0.15, -0.1) is 0 Å². The molecule has 0 fully saturated rings. The smallest absolute Gasteiger partial charge is 0.125 e. The maximum atomic E-state index is 4.28. The Morgan fingerprint density at radius 3 is 2.76 bits per heavy atom. The standard InChI is InChI=1S/C13H21N3S/c1-10(2)12(7-8-17-4)16-11-5-6-13(14-3)15-9-11/h5-6,9,12,16H,1,7-8H2,2-4H3,(H,14,15)/t12-/m0/s1. The van der Waals surface area contributed by atoms with Crippen molar-refractivity contribution in [2.75, 3.05) is 29.7 Å². The maximum Gasteiger partial charge on any atom is 0.125 e. The van der Waals surface area contributed by atoms with E-state index in [0.29, 0.717) is 6.04 Å². The van der Waals surface area contributed by atoms with Gasteiger partial charge in [-0.1, -0.05) is 12.2 Å². The van der Waals surface area contributed by atoms with E-state index >= 15 is 0 Å². The Morgan fingerprint density at radius 1 is 1.53 bits per heavy atom. The molecule has 0 spiro atoms. The molecule has 0 aromatic carbocycles. The summed E-state index contributed by atoms with van der Waals surface area (Å²) in [6.45, 7) is 6.10. The Balaban J connectivity index is 2.61. The third kappa shape index (κ3) is 4.69. The predicted octanol–water partition coefficient (Wildman–Crippen LogP) is 3.23. The van der Waals surface area contributed by atoms with Gasteiger partial charge in [-0.25, -0.2) is 4.98 Å². The van der Waals surface area contributed by atoms with Crippen LogP contribution < -0.4 is 10.6 Å². The van der Waals surface area contributed by atoms with Gasteiger partial charge in [-0.05, 0) is 37.5 Å². The summed E-state index contributed by atoms with van der Waals surface area (Å²) in [5.74, 6) is 2.01. The molecule has 2 N–H and O–H groups in total. The summed E-state index contributed by atoms with van der Waals surface area (Å²) in [6, 6.07) is 4.32. The van der Waals surface area contributed by atoms with E-state index in [1.54, 1.807) is 0 Å². The van der Waals surface area contributed by atoms with E-state index in [2.05, 4.69) is 35.4 Å². The molecule has 1 aromatic heterocycles. The van der Waals surface area contributed by atoms with Crippen molar-refractivity contribution >= 4 is 23.3 Å². The third-order valence-electron chi connectivity index (χ3n) is 2.57. The van der Waals surface area contributed by atoms with Gasteiger partial charge in [0.2, 0.25) is 0 Å². The van der Waals surface area contributed by atoms with Crippen molar-refractivity contribution in [2.24, 2.45) is 0 Å². The molecule has 17 heavy (non-hydrogen) atoms. The fourth-order valence-electron chi connectivity index (χ4n) is 1.51. The highest BCUT2D eigenvalue weighted by molar-refractivity contribution is 7.98. The normalized spacial score (nSPS) is 11.9. The minimum absolute atomic E-state index is 0.324. The molecular weight excluding hydrogens is 230 g/mol. The maximum absolute atomic E-state index is 4.28. The Bertz CT molecular complexity index is 348. The summed E-state index contributed by atoms with van der Waals surface area (Å²) in [4.78, 5) is 4.28. The van der Waals surface area contributed by atoms with Crippen LogP contribution in [0.4, 0.5) is 11.5 Å². The van der Waals surface area contributed by atoms with Crippen molar-refractivity contribution in [1.82, 2.24) is 4.98 Å².